The highest BCUT2D eigenvalue weighted by atomic mass is 16.6. The van der Waals surface area contributed by atoms with Crippen LogP contribution in [0.25, 0.3) is 0 Å². The van der Waals surface area contributed by atoms with Crippen LogP contribution in [-0.4, -0.2) is 30.3 Å². The molecule has 17 heavy (non-hydrogen) atoms. The number of carbonyl (C=O) groups is 1. The Morgan fingerprint density at radius 3 is 2.35 bits per heavy atom. The minimum Gasteiger partial charge on any atom is -0.444 e. The first-order chi connectivity index (χ1) is 7.78. The fourth-order valence-electron chi connectivity index (χ4n) is 1.05. The maximum Gasteiger partial charge on any atom is 0.408 e. The van der Waals surface area contributed by atoms with Crippen LogP contribution in [0.4, 0.5) is 4.79 Å². The van der Waals surface area contributed by atoms with E-state index in [4.69, 9.17) is 4.74 Å². The zero-order valence-corrected chi connectivity index (χ0v) is 11.2. The molecular formula is C13H24N2O2. The van der Waals surface area contributed by atoms with Crippen LogP contribution in [0.1, 0.15) is 27.7 Å². The first-order valence-electron chi connectivity index (χ1n) is 5.76. The predicted molar refractivity (Wildman–Crippen MR) is 71.0 cm³/mol. The Labute approximate surface area is 104 Å². The summed E-state index contributed by atoms with van der Waals surface area (Å²) in [5.74, 6) is 0. The molecule has 0 bridgehead atoms. The van der Waals surface area contributed by atoms with E-state index in [0.717, 1.165) is 0 Å². The molecule has 4 heteroatoms. The van der Waals surface area contributed by atoms with Gasteiger partial charge in [0.15, 0.2) is 0 Å². The fraction of sp³-hybridized carbons (Fsp3) is 0.615. The smallest absolute Gasteiger partial charge is 0.408 e. The van der Waals surface area contributed by atoms with Gasteiger partial charge in [0.05, 0.1) is 6.04 Å². The van der Waals surface area contributed by atoms with Gasteiger partial charge in [-0.3, -0.25) is 0 Å². The molecule has 2 N–H and O–H groups in total. The van der Waals surface area contributed by atoms with Gasteiger partial charge in [-0.2, -0.15) is 0 Å². The summed E-state index contributed by atoms with van der Waals surface area (Å²) in [4.78, 5) is 11.5. The van der Waals surface area contributed by atoms with Gasteiger partial charge in [-0.25, -0.2) is 4.79 Å². The normalized spacial score (nSPS) is 14.6. The molecule has 4 nitrogen and oxygen atoms in total. The maximum atomic E-state index is 11.5. The van der Waals surface area contributed by atoms with E-state index in [2.05, 4.69) is 23.8 Å². The van der Waals surface area contributed by atoms with Crippen molar-refractivity contribution in [1.82, 2.24) is 10.6 Å². The monoisotopic (exact) mass is 240 g/mol. The molecule has 0 spiro atoms. The van der Waals surface area contributed by atoms with E-state index in [9.17, 15) is 4.79 Å². The van der Waals surface area contributed by atoms with Crippen LogP contribution in [0.2, 0.25) is 0 Å². The maximum absolute atomic E-state index is 11.5. The highest BCUT2D eigenvalue weighted by molar-refractivity contribution is 5.68. The van der Waals surface area contributed by atoms with Gasteiger partial charge >= 0.3 is 6.09 Å². The van der Waals surface area contributed by atoms with E-state index in [1.807, 2.05) is 27.7 Å². The highest BCUT2D eigenvalue weighted by Crippen LogP contribution is 2.06. The topological polar surface area (TPSA) is 50.4 Å². The summed E-state index contributed by atoms with van der Waals surface area (Å²) in [5, 5.41) is 5.92. The average molecular weight is 240 g/mol. The van der Waals surface area contributed by atoms with Crippen LogP contribution >= 0.6 is 0 Å². The van der Waals surface area contributed by atoms with Crippen LogP contribution in [0.5, 0.6) is 0 Å². The van der Waals surface area contributed by atoms with Crippen molar-refractivity contribution in [2.24, 2.45) is 0 Å². The van der Waals surface area contributed by atoms with Crippen LogP contribution in [0.3, 0.4) is 0 Å². The van der Waals surface area contributed by atoms with Crippen molar-refractivity contribution in [1.29, 1.82) is 0 Å². The van der Waals surface area contributed by atoms with E-state index >= 15 is 0 Å². The van der Waals surface area contributed by atoms with Crippen LogP contribution in [-0.2, 0) is 4.74 Å². The summed E-state index contributed by atoms with van der Waals surface area (Å²) in [6, 6.07) is 0.0325. The van der Waals surface area contributed by atoms with Crippen molar-refractivity contribution >= 4 is 6.09 Å². The van der Waals surface area contributed by atoms with Gasteiger partial charge in [0, 0.05) is 12.6 Å². The molecule has 0 fully saturated rings. The van der Waals surface area contributed by atoms with E-state index in [0.29, 0.717) is 6.54 Å². The molecule has 0 aromatic heterocycles. The predicted octanol–water partition coefficient (Wildman–Crippen LogP) is 2.23. The van der Waals surface area contributed by atoms with Crippen LogP contribution in [0, 0.1) is 0 Å². The lowest BCUT2D eigenvalue weighted by molar-refractivity contribution is 0.0514. The summed E-state index contributed by atoms with van der Waals surface area (Å²) >= 11 is 0. The number of ether oxygens (including phenoxy) is 1. The zero-order valence-electron chi connectivity index (χ0n) is 11.2. The molecule has 0 aliphatic heterocycles. The standard InChI is InChI=1S/C13H24N2O2/c1-7-10(3)14-9-11(8-2)15-12(16)17-13(4,5)6/h7-8,10-11,14H,1-2,9H2,3-6H3,(H,15,16)/t10?,11-/m0/s1. The summed E-state index contributed by atoms with van der Waals surface area (Å²) in [7, 11) is 0. The van der Waals surface area contributed by atoms with Gasteiger partial charge < -0.3 is 15.4 Å². The van der Waals surface area contributed by atoms with Gasteiger partial charge in [0.2, 0.25) is 0 Å². The molecule has 0 aliphatic rings. The third-order valence-electron chi connectivity index (χ3n) is 2.00. The lowest BCUT2D eigenvalue weighted by atomic mass is 10.2. The molecule has 1 amide bonds. The van der Waals surface area contributed by atoms with Gasteiger partial charge in [-0.15, -0.1) is 13.2 Å². The largest absolute Gasteiger partial charge is 0.444 e. The Morgan fingerprint density at radius 1 is 1.35 bits per heavy atom. The Hall–Kier alpha value is -1.29. The summed E-state index contributed by atoms with van der Waals surface area (Å²) in [6.45, 7) is 15.4. The number of hydrogen-bond donors (Lipinski definition) is 2. The minimum absolute atomic E-state index is 0.160. The molecule has 0 saturated carbocycles. The Morgan fingerprint density at radius 2 is 1.94 bits per heavy atom. The van der Waals surface area contributed by atoms with Crippen LogP contribution in [0.15, 0.2) is 25.3 Å². The summed E-state index contributed by atoms with van der Waals surface area (Å²) in [6.07, 6.45) is 3.04. The van der Waals surface area contributed by atoms with Crippen LogP contribution < -0.4 is 10.6 Å². The number of hydrogen-bond acceptors (Lipinski definition) is 3. The SMILES string of the molecule is C=CC(C)NC[C@H](C=C)NC(=O)OC(C)(C)C. The number of amides is 1. The van der Waals surface area contributed by atoms with E-state index in [1.54, 1.807) is 12.2 Å². The fourth-order valence-corrected chi connectivity index (χ4v) is 1.05. The molecule has 0 aromatic rings. The van der Waals surface area contributed by atoms with Crippen molar-refractivity contribution < 1.29 is 9.53 Å². The van der Waals surface area contributed by atoms with Crippen molar-refractivity contribution in [2.75, 3.05) is 6.54 Å². The second kappa shape index (κ2) is 7.12. The molecule has 0 rings (SSSR count). The van der Waals surface area contributed by atoms with E-state index in [1.165, 1.54) is 0 Å². The zero-order chi connectivity index (χ0) is 13.5. The highest BCUT2D eigenvalue weighted by Gasteiger charge is 2.18. The molecule has 0 saturated heterocycles. The summed E-state index contributed by atoms with van der Waals surface area (Å²) < 4.78 is 5.16. The number of nitrogens with one attached hydrogen (secondary N) is 2. The third-order valence-corrected chi connectivity index (χ3v) is 2.00. The van der Waals surface area contributed by atoms with E-state index in [-0.39, 0.29) is 12.1 Å². The molecule has 98 valence electrons. The summed E-state index contributed by atoms with van der Waals surface area (Å²) in [5.41, 5.74) is -0.488. The average Bonchev–Trinajstić information content (AvgIpc) is 2.20. The second-order valence-electron chi connectivity index (χ2n) is 4.92. The lowest BCUT2D eigenvalue weighted by Crippen LogP contribution is -2.44. The third kappa shape index (κ3) is 8.51. The Kier molecular flexibility index (Phi) is 6.58. The van der Waals surface area contributed by atoms with Crippen molar-refractivity contribution in [3.8, 4) is 0 Å². The minimum atomic E-state index is -0.488. The van der Waals surface area contributed by atoms with Crippen molar-refractivity contribution in [3.05, 3.63) is 25.3 Å². The first kappa shape index (κ1) is 15.7. The Balaban J connectivity index is 4.08. The van der Waals surface area contributed by atoms with Crippen molar-refractivity contribution in [2.45, 2.75) is 45.4 Å². The molecular weight excluding hydrogens is 216 g/mol. The van der Waals surface area contributed by atoms with Gasteiger partial charge in [-0.1, -0.05) is 12.2 Å². The Bertz CT molecular complexity index is 269. The van der Waals surface area contributed by atoms with E-state index < -0.39 is 11.7 Å². The number of rotatable bonds is 6. The molecule has 1 unspecified atom stereocenters. The second-order valence-corrected chi connectivity index (χ2v) is 4.92. The molecule has 2 atom stereocenters. The van der Waals surface area contributed by atoms with Gasteiger partial charge in [-0.05, 0) is 27.7 Å². The van der Waals surface area contributed by atoms with Gasteiger partial charge in [0.25, 0.3) is 0 Å². The number of carbonyl (C=O) groups excluding carboxylic acids is 1. The molecule has 0 aromatic carbocycles. The molecule has 0 heterocycles. The van der Waals surface area contributed by atoms with Gasteiger partial charge in [0.1, 0.15) is 5.60 Å². The first-order valence-corrected chi connectivity index (χ1v) is 5.76. The van der Waals surface area contributed by atoms with Crippen molar-refractivity contribution in [3.63, 3.8) is 0 Å². The lowest BCUT2D eigenvalue weighted by Gasteiger charge is -2.23. The number of alkyl carbamates (subject to hydrolysis) is 1. The quantitative estimate of drug-likeness (QED) is 0.700. The molecule has 0 radical (unpaired) electrons. The molecule has 0 aliphatic carbocycles.